The molecule has 1 aromatic carbocycles. The van der Waals surface area contributed by atoms with Crippen LogP contribution in [0.3, 0.4) is 0 Å². The zero-order chi connectivity index (χ0) is 17.7. The van der Waals surface area contributed by atoms with Gasteiger partial charge in [-0.05, 0) is 81.5 Å². The monoisotopic (exact) mass is 405 g/mol. The van der Waals surface area contributed by atoms with Crippen LogP contribution in [0.15, 0.2) is 24.3 Å². The average molecular weight is 406 g/mol. The molecule has 0 heterocycles. The summed E-state index contributed by atoms with van der Waals surface area (Å²) in [4.78, 5) is 24.8. The van der Waals surface area contributed by atoms with Gasteiger partial charge in [0.1, 0.15) is 0 Å². The van der Waals surface area contributed by atoms with Gasteiger partial charge in [-0.3, -0.25) is 4.79 Å². The van der Waals surface area contributed by atoms with Crippen LogP contribution in [-0.2, 0) is 9.53 Å². The molecule has 5 rings (SSSR count). The highest BCUT2D eigenvalue weighted by Crippen LogP contribution is 2.64. The van der Waals surface area contributed by atoms with Gasteiger partial charge >= 0.3 is 5.97 Å². The molecule has 0 aliphatic heterocycles. The molecular formula is C20H24BrNO3. The van der Waals surface area contributed by atoms with Gasteiger partial charge in [0.2, 0.25) is 5.91 Å². The van der Waals surface area contributed by atoms with Crippen LogP contribution >= 0.6 is 15.9 Å². The van der Waals surface area contributed by atoms with E-state index in [0.717, 1.165) is 24.9 Å². The SMILES string of the molecule is CCOC(=O)c1ccc(NC(=O)C23C[C@@H]4C[C@@H](CC(Br)(C4)C2)C3)cc1. The van der Waals surface area contributed by atoms with Crippen LogP contribution in [0, 0.1) is 17.3 Å². The fourth-order valence-corrected chi connectivity index (χ4v) is 7.04. The van der Waals surface area contributed by atoms with Crippen molar-refractivity contribution in [1.29, 1.82) is 0 Å². The van der Waals surface area contributed by atoms with Crippen molar-refractivity contribution < 1.29 is 14.3 Å². The molecule has 4 saturated carbocycles. The Kier molecular flexibility index (Phi) is 4.18. The zero-order valence-electron chi connectivity index (χ0n) is 14.5. The van der Waals surface area contributed by atoms with E-state index >= 15 is 0 Å². The smallest absolute Gasteiger partial charge is 0.338 e. The number of carbonyl (C=O) groups excluding carboxylic acids is 2. The summed E-state index contributed by atoms with van der Waals surface area (Å²) in [6.07, 6.45) is 6.70. The first-order valence-corrected chi connectivity index (χ1v) is 9.98. The van der Waals surface area contributed by atoms with Gasteiger partial charge in [-0.15, -0.1) is 0 Å². The highest BCUT2D eigenvalue weighted by atomic mass is 79.9. The van der Waals surface area contributed by atoms with E-state index in [1.807, 2.05) is 0 Å². The molecular weight excluding hydrogens is 382 g/mol. The molecule has 0 saturated heterocycles. The normalized spacial score (nSPS) is 35.4. The minimum atomic E-state index is -0.331. The van der Waals surface area contributed by atoms with Gasteiger partial charge in [-0.2, -0.15) is 0 Å². The number of hydrogen-bond donors (Lipinski definition) is 1. The van der Waals surface area contributed by atoms with E-state index in [4.69, 9.17) is 4.74 Å². The Morgan fingerprint density at radius 1 is 1.16 bits per heavy atom. The van der Waals surface area contributed by atoms with Gasteiger partial charge in [0.15, 0.2) is 0 Å². The summed E-state index contributed by atoms with van der Waals surface area (Å²) in [5, 5.41) is 3.10. The van der Waals surface area contributed by atoms with Crippen LogP contribution in [0.4, 0.5) is 5.69 Å². The first kappa shape index (κ1) is 17.1. The summed E-state index contributed by atoms with van der Waals surface area (Å²) in [6.45, 7) is 2.14. The van der Waals surface area contributed by atoms with Gasteiger partial charge in [0, 0.05) is 10.0 Å². The summed E-state index contributed by atoms with van der Waals surface area (Å²) in [5.41, 5.74) is 1.03. The number of nitrogens with one attached hydrogen (secondary N) is 1. The second-order valence-electron chi connectivity index (χ2n) is 8.14. The van der Waals surface area contributed by atoms with Crippen LogP contribution in [0.2, 0.25) is 0 Å². The van der Waals surface area contributed by atoms with Crippen LogP contribution in [0.5, 0.6) is 0 Å². The topological polar surface area (TPSA) is 55.4 Å². The minimum Gasteiger partial charge on any atom is -0.462 e. The van der Waals surface area contributed by atoms with Gasteiger partial charge in [0.25, 0.3) is 0 Å². The maximum Gasteiger partial charge on any atom is 0.338 e. The number of esters is 1. The molecule has 1 amide bonds. The third-order valence-electron chi connectivity index (χ3n) is 6.13. The van der Waals surface area contributed by atoms with Crippen molar-refractivity contribution in [2.24, 2.45) is 17.3 Å². The summed E-state index contributed by atoms with van der Waals surface area (Å²) < 4.78 is 5.16. The molecule has 4 aliphatic carbocycles. The average Bonchev–Trinajstić information content (AvgIpc) is 2.53. The second-order valence-corrected chi connectivity index (χ2v) is 9.83. The van der Waals surface area contributed by atoms with Crippen LogP contribution in [0.1, 0.15) is 55.8 Å². The molecule has 5 heteroatoms. The summed E-state index contributed by atoms with van der Waals surface area (Å²) in [7, 11) is 0. The van der Waals surface area contributed by atoms with Crippen molar-refractivity contribution >= 4 is 33.5 Å². The number of alkyl halides is 1. The highest BCUT2D eigenvalue weighted by Gasteiger charge is 2.59. The van der Waals surface area contributed by atoms with Crippen molar-refractivity contribution in [3.05, 3.63) is 29.8 Å². The number of amides is 1. The molecule has 25 heavy (non-hydrogen) atoms. The molecule has 4 fully saturated rings. The number of rotatable bonds is 4. The molecule has 4 aliphatic rings. The summed E-state index contributed by atoms with van der Waals surface area (Å²) >= 11 is 3.96. The molecule has 134 valence electrons. The number of hydrogen-bond acceptors (Lipinski definition) is 3. The zero-order valence-corrected chi connectivity index (χ0v) is 16.1. The van der Waals surface area contributed by atoms with Crippen molar-refractivity contribution in [3.8, 4) is 0 Å². The first-order chi connectivity index (χ1) is 11.9. The molecule has 4 nitrogen and oxygen atoms in total. The molecule has 1 aromatic rings. The van der Waals surface area contributed by atoms with E-state index in [2.05, 4.69) is 21.2 Å². The van der Waals surface area contributed by atoms with E-state index in [0.29, 0.717) is 24.0 Å². The molecule has 4 bridgehead atoms. The van der Waals surface area contributed by atoms with Crippen molar-refractivity contribution in [1.82, 2.24) is 0 Å². The molecule has 4 atom stereocenters. The maximum absolute atomic E-state index is 13.1. The summed E-state index contributed by atoms with van der Waals surface area (Å²) in [5.74, 6) is 1.17. The molecule has 0 aromatic heterocycles. The lowest BCUT2D eigenvalue weighted by molar-refractivity contribution is -0.138. The fraction of sp³-hybridized carbons (Fsp3) is 0.600. The largest absolute Gasteiger partial charge is 0.462 e. The Bertz CT molecular complexity index is 685. The van der Waals surface area contributed by atoms with E-state index in [-0.39, 0.29) is 21.6 Å². The van der Waals surface area contributed by atoms with Gasteiger partial charge in [0.05, 0.1) is 17.6 Å². The number of ether oxygens (including phenoxy) is 1. The standard InChI is InChI=1S/C20H24BrNO3/c1-2-25-17(23)15-3-5-16(6-4-15)22-18(24)19-8-13-7-14(9-19)11-20(21,10-13)12-19/h3-6,13-14H,2,7-12H2,1H3,(H,22,24)/t13-,14+,19?,20?. The predicted octanol–water partition coefficient (Wildman–Crippen LogP) is 4.54. The fourth-order valence-electron chi connectivity index (χ4n) is 5.58. The minimum absolute atomic E-state index is 0.148. The van der Waals surface area contributed by atoms with Gasteiger partial charge < -0.3 is 10.1 Å². The third-order valence-corrected chi connectivity index (χ3v) is 7.05. The molecule has 2 unspecified atom stereocenters. The Hall–Kier alpha value is -1.36. The van der Waals surface area contributed by atoms with E-state index in [1.165, 1.54) is 19.3 Å². The number of halogens is 1. The van der Waals surface area contributed by atoms with E-state index < -0.39 is 0 Å². The van der Waals surface area contributed by atoms with Crippen molar-refractivity contribution in [3.63, 3.8) is 0 Å². The third kappa shape index (κ3) is 3.12. The maximum atomic E-state index is 13.1. The quantitative estimate of drug-likeness (QED) is 0.590. The molecule has 0 spiro atoms. The lowest BCUT2D eigenvalue weighted by atomic mass is 9.49. The van der Waals surface area contributed by atoms with Crippen LogP contribution in [0.25, 0.3) is 0 Å². The summed E-state index contributed by atoms with van der Waals surface area (Å²) in [6, 6.07) is 6.99. The van der Waals surface area contributed by atoms with Gasteiger partial charge in [-0.1, -0.05) is 15.9 Å². The van der Waals surface area contributed by atoms with Gasteiger partial charge in [-0.25, -0.2) is 4.79 Å². The molecule has 0 radical (unpaired) electrons. The highest BCUT2D eigenvalue weighted by molar-refractivity contribution is 9.10. The number of anilines is 1. The lowest BCUT2D eigenvalue weighted by Crippen LogP contribution is -2.57. The Balaban J connectivity index is 1.48. The van der Waals surface area contributed by atoms with Crippen LogP contribution < -0.4 is 5.32 Å². The Morgan fingerprint density at radius 3 is 2.36 bits per heavy atom. The molecule has 1 N–H and O–H groups in total. The Labute approximate surface area is 156 Å². The lowest BCUT2D eigenvalue weighted by Gasteiger charge is -2.59. The van der Waals surface area contributed by atoms with Crippen molar-refractivity contribution in [2.75, 3.05) is 11.9 Å². The Morgan fingerprint density at radius 2 is 1.80 bits per heavy atom. The predicted molar refractivity (Wildman–Crippen MR) is 99.8 cm³/mol. The van der Waals surface area contributed by atoms with Crippen LogP contribution in [-0.4, -0.2) is 22.8 Å². The van der Waals surface area contributed by atoms with E-state index in [9.17, 15) is 9.59 Å². The second kappa shape index (κ2) is 6.11. The first-order valence-electron chi connectivity index (χ1n) is 9.19. The number of carbonyl (C=O) groups is 2. The van der Waals surface area contributed by atoms with E-state index in [1.54, 1.807) is 31.2 Å². The number of benzene rings is 1. The van der Waals surface area contributed by atoms with Crippen molar-refractivity contribution in [2.45, 2.75) is 49.8 Å².